The van der Waals surface area contributed by atoms with E-state index < -0.39 is 6.43 Å². The molecule has 0 aliphatic rings. The van der Waals surface area contributed by atoms with Crippen LogP contribution in [0.3, 0.4) is 0 Å². The van der Waals surface area contributed by atoms with Gasteiger partial charge in [-0.05, 0) is 0 Å². The second-order valence-corrected chi connectivity index (χ2v) is 2.35. The van der Waals surface area contributed by atoms with E-state index in [9.17, 15) is 13.7 Å². The highest BCUT2D eigenvalue weighted by Gasteiger charge is 2.12. The summed E-state index contributed by atoms with van der Waals surface area (Å²) >= 11 is 0. The number of nitroso groups, excluding NO2 is 1. The van der Waals surface area contributed by atoms with Crippen molar-refractivity contribution < 1.29 is 14.0 Å². The van der Waals surface area contributed by atoms with Gasteiger partial charge in [-0.25, -0.2) is 8.78 Å². The van der Waals surface area contributed by atoms with Gasteiger partial charge in [0, 0.05) is 28.1 Å². The Balaban J connectivity index is 2.89. The van der Waals surface area contributed by atoms with Crippen molar-refractivity contribution in [2.45, 2.75) is 12.8 Å². The molecule has 0 spiro atoms. The van der Waals surface area contributed by atoms with Gasteiger partial charge < -0.3 is 0 Å². The van der Waals surface area contributed by atoms with Crippen molar-refractivity contribution in [3.05, 3.63) is 34.7 Å². The molecule has 4 heteroatoms. The van der Waals surface area contributed by atoms with Gasteiger partial charge >= 0.3 is 0 Å². The van der Waals surface area contributed by atoms with E-state index in [2.05, 4.69) is 0 Å². The van der Waals surface area contributed by atoms with Crippen LogP contribution in [0.1, 0.15) is 5.56 Å². The predicted octanol–water partition coefficient (Wildman–Crippen LogP) is 0.973. The minimum atomic E-state index is -2.42. The molecular formula is C8H8F2NO+. The number of nitrogens with one attached hydrogen (secondary N) is 1. The SMILES string of the molecule is O=[NH+]c1ccccc1CC(F)F. The first-order valence-electron chi connectivity index (χ1n) is 3.48. The van der Waals surface area contributed by atoms with Crippen LogP contribution in [-0.2, 0) is 6.42 Å². The molecule has 0 aliphatic heterocycles. The average Bonchev–Trinajstić information content (AvgIpc) is 2.04. The Kier molecular flexibility index (Phi) is 2.85. The fraction of sp³-hybridized carbons (Fsp3) is 0.250. The van der Waals surface area contributed by atoms with Crippen molar-refractivity contribution in [3.63, 3.8) is 0 Å². The van der Waals surface area contributed by atoms with Crippen molar-refractivity contribution >= 4 is 5.69 Å². The third kappa shape index (κ3) is 2.08. The standard InChI is InChI=1S/C8H7F2NO/c9-8(10)5-6-3-1-2-4-7(6)11-12/h1-4,8H,5H2/p+1. The average molecular weight is 172 g/mol. The van der Waals surface area contributed by atoms with Gasteiger partial charge in [-0.3, -0.25) is 0 Å². The number of alkyl halides is 2. The monoisotopic (exact) mass is 172 g/mol. The lowest BCUT2D eigenvalue weighted by Gasteiger charge is -1.97. The molecule has 0 saturated carbocycles. The first kappa shape index (κ1) is 8.77. The Bertz CT molecular complexity index is 276. The fourth-order valence-electron chi connectivity index (χ4n) is 0.964. The molecule has 1 N–H and O–H groups in total. The zero-order valence-corrected chi connectivity index (χ0v) is 6.26. The van der Waals surface area contributed by atoms with Crippen LogP contribution in [0.15, 0.2) is 24.3 Å². The van der Waals surface area contributed by atoms with Gasteiger partial charge in [0.05, 0.1) is 0 Å². The van der Waals surface area contributed by atoms with E-state index in [0.29, 0.717) is 5.56 Å². The Morgan fingerprint density at radius 3 is 2.58 bits per heavy atom. The zero-order chi connectivity index (χ0) is 8.97. The molecule has 0 saturated heterocycles. The lowest BCUT2D eigenvalue weighted by Crippen LogP contribution is -2.56. The van der Waals surface area contributed by atoms with E-state index in [-0.39, 0.29) is 12.1 Å². The number of benzene rings is 1. The third-order valence-corrected chi connectivity index (χ3v) is 1.50. The molecule has 0 amide bonds. The second-order valence-electron chi connectivity index (χ2n) is 2.35. The van der Waals surface area contributed by atoms with Crippen molar-refractivity contribution in [1.82, 2.24) is 0 Å². The lowest BCUT2D eigenvalue weighted by molar-refractivity contribution is -0.380. The molecular weight excluding hydrogens is 164 g/mol. The summed E-state index contributed by atoms with van der Waals surface area (Å²) in [5.41, 5.74) is 0.570. The number of hydrogen-bond acceptors (Lipinski definition) is 1. The van der Waals surface area contributed by atoms with Crippen LogP contribution in [0.4, 0.5) is 14.5 Å². The minimum Gasteiger partial charge on any atom is -0.210 e. The normalized spacial score (nSPS) is 10.2. The van der Waals surface area contributed by atoms with Gasteiger partial charge in [0.2, 0.25) is 6.43 Å². The summed E-state index contributed by atoms with van der Waals surface area (Å²) in [5, 5.41) is 1.62. The Morgan fingerprint density at radius 2 is 2.00 bits per heavy atom. The van der Waals surface area contributed by atoms with E-state index in [4.69, 9.17) is 0 Å². The van der Waals surface area contributed by atoms with E-state index >= 15 is 0 Å². The molecule has 12 heavy (non-hydrogen) atoms. The fourth-order valence-corrected chi connectivity index (χ4v) is 0.964. The zero-order valence-electron chi connectivity index (χ0n) is 6.26. The number of halogens is 2. The number of hydrogen-bond donors (Lipinski definition) is 1. The molecule has 2 nitrogen and oxygen atoms in total. The smallest absolute Gasteiger partial charge is 0.210 e. The largest absolute Gasteiger partial charge is 0.256 e. The van der Waals surface area contributed by atoms with E-state index in [1.807, 2.05) is 0 Å². The molecule has 0 heterocycles. The molecule has 0 aromatic heterocycles. The Labute approximate surface area is 68.2 Å². The molecule has 1 aromatic rings. The summed E-state index contributed by atoms with van der Waals surface area (Å²) in [6, 6.07) is 6.23. The summed E-state index contributed by atoms with van der Waals surface area (Å²) in [6.07, 6.45) is -2.80. The lowest BCUT2D eigenvalue weighted by atomic mass is 10.1. The van der Waals surface area contributed by atoms with Crippen LogP contribution >= 0.6 is 0 Å². The molecule has 0 atom stereocenters. The van der Waals surface area contributed by atoms with Crippen molar-refractivity contribution in [2.75, 3.05) is 0 Å². The maximum absolute atomic E-state index is 11.9. The van der Waals surface area contributed by atoms with Gasteiger partial charge in [-0.2, -0.15) is 0 Å². The highest BCUT2D eigenvalue weighted by atomic mass is 19.3. The van der Waals surface area contributed by atoms with Gasteiger partial charge in [0.15, 0.2) is 0 Å². The topological polar surface area (TPSA) is 31.0 Å². The molecule has 0 bridgehead atoms. The molecule has 64 valence electrons. The summed E-state index contributed by atoms with van der Waals surface area (Å²) in [6.45, 7) is 0. The summed E-state index contributed by atoms with van der Waals surface area (Å²) in [5.74, 6) is 0. The quantitative estimate of drug-likeness (QED) is 0.723. The van der Waals surface area contributed by atoms with Crippen LogP contribution < -0.4 is 5.18 Å². The van der Waals surface area contributed by atoms with Crippen LogP contribution in [-0.4, -0.2) is 6.43 Å². The predicted molar refractivity (Wildman–Crippen MR) is 40.1 cm³/mol. The number of rotatable bonds is 3. The molecule has 1 rings (SSSR count). The molecule has 0 unspecified atom stereocenters. The van der Waals surface area contributed by atoms with Crippen molar-refractivity contribution in [3.8, 4) is 0 Å². The molecule has 0 radical (unpaired) electrons. The van der Waals surface area contributed by atoms with Gasteiger partial charge in [0.25, 0.3) is 5.69 Å². The summed E-state index contributed by atoms with van der Waals surface area (Å²) in [7, 11) is 0. The van der Waals surface area contributed by atoms with Crippen LogP contribution in [0.5, 0.6) is 0 Å². The highest BCUT2D eigenvalue weighted by Crippen LogP contribution is 2.13. The van der Waals surface area contributed by atoms with Crippen molar-refractivity contribution in [2.24, 2.45) is 0 Å². The number of para-hydroxylation sites is 1. The van der Waals surface area contributed by atoms with Gasteiger partial charge in [-0.15, -0.1) is 0 Å². The third-order valence-electron chi connectivity index (χ3n) is 1.50. The Hall–Kier alpha value is -1.32. The van der Waals surface area contributed by atoms with E-state index in [0.717, 1.165) is 0 Å². The second kappa shape index (κ2) is 3.90. The molecule has 1 aromatic carbocycles. The van der Waals surface area contributed by atoms with Gasteiger partial charge in [-0.1, -0.05) is 18.2 Å². The Morgan fingerprint density at radius 1 is 1.33 bits per heavy atom. The van der Waals surface area contributed by atoms with E-state index in [1.54, 1.807) is 17.3 Å². The first-order chi connectivity index (χ1) is 5.74. The highest BCUT2D eigenvalue weighted by molar-refractivity contribution is 5.38. The maximum atomic E-state index is 11.9. The molecule has 0 fully saturated rings. The van der Waals surface area contributed by atoms with E-state index in [1.165, 1.54) is 12.1 Å². The summed E-state index contributed by atoms with van der Waals surface area (Å²) in [4.78, 5) is 10.2. The van der Waals surface area contributed by atoms with Crippen LogP contribution in [0, 0.1) is 4.91 Å². The van der Waals surface area contributed by atoms with Crippen LogP contribution in [0.25, 0.3) is 0 Å². The first-order valence-corrected chi connectivity index (χ1v) is 3.48. The van der Waals surface area contributed by atoms with Crippen LogP contribution in [0.2, 0.25) is 0 Å². The van der Waals surface area contributed by atoms with Gasteiger partial charge in [0.1, 0.15) is 0 Å². The minimum absolute atomic E-state index is 0.220. The van der Waals surface area contributed by atoms with Crippen molar-refractivity contribution in [1.29, 1.82) is 0 Å². The molecule has 0 aliphatic carbocycles. The summed E-state index contributed by atoms with van der Waals surface area (Å²) < 4.78 is 23.8. The maximum Gasteiger partial charge on any atom is 0.256 e.